The molecule has 0 N–H and O–H groups in total. The van der Waals surface area contributed by atoms with Crippen LogP contribution in [0.25, 0.3) is 0 Å². The molecule has 1 rings (SSSR count). The molecule has 0 heterocycles. The Labute approximate surface area is 75.8 Å². The molecule has 0 bridgehead atoms. The van der Waals surface area contributed by atoms with Crippen molar-refractivity contribution in [3.63, 3.8) is 0 Å². The van der Waals surface area contributed by atoms with Crippen LogP contribution >= 0.6 is 0 Å². The fraction of sp³-hybridized carbons (Fsp3) is 0.909. The zero-order chi connectivity index (χ0) is 8.97. The number of nitrogens with zero attached hydrogens (tertiary/aromatic N) is 1. The first-order chi connectivity index (χ1) is 5.72. The number of nitriles is 1. The second kappa shape index (κ2) is 4.50. The van der Waals surface area contributed by atoms with E-state index in [0.717, 1.165) is 18.3 Å². The lowest BCUT2D eigenvalue weighted by Gasteiger charge is -2.26. The van der Waals surface area contributed by atoms with Gasteiger partial charge in [0.25, 0.3) is 0 Å². The van der Waals surface area contributed by atoms with E-state index >= 15 is 0 Å². The van der Waals surface area contributed by atoms with Crippen LogP contribution in [0.15, 0.2) is 0 Å². The maximum absolute atomic E-state index is 8.67. The van der Waals surface area contributed by atoms with Gasteiger partial charge in [-0.15, -0.1) is 0 Å². The molecule has 0 aromatic carbocycles. The molecule has 0 spiro atoms. The lowest BCUT2D eigenvalue weighted by molar-refractivity contribution is 0.264. The molecule has 0 amide bonds. The van der Waals surface area contributed by atoms with E-state index in [0.29, 0.717) is 0 Å². The topological polar surface area (TPSA) is 23.8 Å². The molecule has 12 heavy (non-hydrogen) atoms. The van der Waals surface area contributed by atoms with E-state index in [1.165, 1.54) is 25.7 Å². The highest BCUT2D eigenvalue weighted by Crippen LogP contribution is 2.31. The normalized spacial score (nSPS) is 32.4. The van der Waals surface area contributed by atoms with Crippen molar-refractivity contribution in [1.82, 2.24) is 0 Å². The van der Waals surface area contributed by atoms with Crippen molar-refractivity contribution in [2.24, 2.45) is 17.8 Å². The van der Waals surface area contributed by atoms with Crippen molar-refractivity contribution in [3.05, 3.63) is 0 Å². The molecule has 0 aliphatic heterocycles. The summed E-state index contributed by atoms with van der Waals surface area (Å²) in [6.07, 6.45) is 6.59. The van der Waals surface area contributed by atoms with Gasteiger partial charge in [0.1, 0.15) is 0 Å². The Morgan fingerprint density at radius 1 is 1.33 bits per heavy atom. The minimum atomic E-state index is 0.267. The van der Waals surface area contributed by atoms with Gasteiger partial charge in [0.2, 0.25) is 0 Å². The molecule has 1 nitrogen and oxygen atoms in total. The molecule has 0 aromatic heterocycles. The summed E-state index contributed by atoms with van der Waals surface area (Å²) in [4.78, 5) is 0. The second-order valence-electron chi connectivity index (χ2n) is 4.39. The fourth-order valence-electron chi connectivity index (χ4n) is 2.12. The third kappa shape index (κ3) is 2.85. The Bertz CT molecular complexity index is 160. The van der Waals surface area contributed by atoms with Crippen LogP contribution in [0.3, 0.4) is 0 Å². The lowest BCUT2D eigenvalue weighted by atomic mass is 9.79. The first-order valence-corrected chi connectivity index (χ1v) is 5.12. The van der Waals surface area contributed by atoms with Crippen molar-refractivity contribution >= 4 is 0 Å². The average molecular weight is 165 g/mol. The van der Waals surface area contributed by atoms with Gasteiger partial charge in [-0.05, 0) is 25.2 Å². The predicted octanol–water partition coefficient (Wildman–Crippen LogP) is 3.36. The summed E-state index contributed by atoms with van der Waals surface area (Å²) < 4.78 is 0. The summed E-state index contributed by atoms with van der Waals surface area (Å²) in [5, 5.41) is 8.67. The number of rotatable bonds is 2. The monoisotopic (exact) mass is 165 g/mol. The van der Waals surface area contributed by atoms with Crippen molar-refractivity contribution in [3.8, 4) is 6.07 Å². The summed E-state index contributed by atoms with van der Waals surface area (Å²) >= 11 is 0. The van der Waals surface area contributed by atoms with Gasteiger partial charge < -0.3 is 0 Å². The van der Waals surface area contributed by atoms with Crippen LogP contribution in [0, 0.1) is 29.1 Å². The van der Waals surface area contributed by atoms with Gasteiger partial charge in [0.05, 0.1) is 6.07 Å². The molecule has 0 radical (unpaired) electrons. The van der Waals surface area contributed by atoms with Gasteiger partial charge in [-0.25, -0.2) is 0 Å². The highest BCUT2D eigenvalue weighted by atomic mass is 14.3. The molecular formula is C11H19N. The Morgan fingerprint density at radius 3 is 2.42 bits per heavy atom. The summed E-state index contributed by atoms with van der Waals surface area (Å²) in [5.41, 5.74) is 0. The predicted molar refractivity (Wildman–Crippen MR) is 50.5 cm³/mol. The molecule has 1 aliphatic carbocycles. The van der Waals surface area contributed by atoms with Crippen LogP contribution in [0.2, 0.25) is 0 Å². The van der Waals surface area contributed by atoms with E-state index < -0.39 is 0 Å². The molecule has 68 valence electrons. The third-order valence-electron chi connectivity index (χ3n) is 3.04. The van der Waals surface area contributed by atoms with Gasteiger partial charge in [0.15, 0.2) is 0 Å². The van der Waals surface area contributed by atoms with E-state index in [1.807, 2.05) is 6.92 Å². The summed E-state index contributed by atoms with van der Waals surface area (Å²) in [5.74, 6) is 2.04. The van der Waals surface area contributed by atoms with Crippen LogP contribution in [0.1, 0.15) is 46.0 Å². The zero-order valence-electron chi connectivity index (χ0n) is 8.21. The Morgan fingerprint density at radius 2 is 1.92 bits per heavy atom. The minimum absolute atomic E-state index is 0.267. The summed E-state index contributed by atoms with van der Waals surface area (Å²) in [6, 6.07) is 2.32. The molecule has 1 unspecified atom stereocenters. The number of hydrogen-bond acceptors (Lipinski definition) is 1. The quantitative estimate of drug-likeness (QED) is 0.615. The van der Waals surface area contributed by atoms with E-state index in [-0.39, 0.29) is 5.92 Å². The van der Waals surface area contributed by atoms with Crippen LogP contribution in [-0.2, 0) is 0 Å². The van der Waals surface area contributed by atoms with Gasteiger partial charge >= 0.3 is 0 Å². The largest absolute Gasteiger partial charge is 0.198 e. The third-order valence-corrected chi connectivity index (χ3v) is 3.04. The van der Waals surface area contributed by atoms with Crippen molar-refractivity contribution in [1.29, 1.82) is 5.26 Å². The van der Waals surface area contributed by atoms with Crippen LogP contribution in [-0.4, -0.2) is 0 Å². The Balaban J connectivity index is 2.22. The molecule has 1 atom stereocenters. The van der Waals surface area contributed by atoms with Crippen LogP contribution < -0.4 is 0 Å². The number of hydrogen-bond donors (Lipinski definition) is 0. The Kier molecular flexibility index (Phi) is 3.59. The summed E-state index contributed by atoms with van der Waals surface area (Å²) in [6.45, 7) is 4.38. The summed E-state index contributed by atoms with van der Waals surface area (Å²) in [7, 11) is 0. The fourth-order valence-corrected chi connectivity index (χ4v) is 2.12. The van der Waals surface area contributed by atoms with E-state index in [2.05, 4.69) is 13.0 Å². The van der Waals surface area contributed by atoms with Crippen molar-refractivity contribution in [2.75, 3.05) is 0 Å². The van der Waals surface area contributed by atoms with Crippen LogP contribution in [0.4, 0.5) is 0 Å². The molecule has 1 aliphatic rings. The first-order valence-electron chi connectivity index (χ1n) is 5.12. The van der Waals surface area contributed by atoms with E-state index in [1.54, 1.807) is 0 Å². The van der Waals surface area contributed by atoms with Crippen molar-refractivity contribution < 1.29 is 0 Å². The van der Waals surface area contributed by atoms with Gasteiger partial charge in [-0.2, -0.15) is 5.26 Å². The zero-order valence-corrected chi connectivity index (χ0v) is 8.21. The molecule has 0 aromatic rings. The Hall–Kier alpha value is -0.510. The lowest BCUT2D eigenvalue weighted by Crippen LogP contribution is -2.14. The average Bonchev–Trinajstić information content (AvgIpc) is 2.09. The van der Waals surface area contributed by atoms with Gasteiger partial charge in [-0.1, -0.05) is 32.6 Å². The standard InChI is InChI=1S/C11H19N/c1-9-3-5-11(6-4-9)7-10(2)8-12/h9-11H,3-7H2,1-2H3. The van der Waals surface area contributed by atoms with Crippen LogP contribution in [0.5, 0.6) is 0 Å². The van der Waals surface area contributed by atoms with Crippen molar-refractivity contribution in [2.45, 2.75) is 46.0 Å². The molecule has 0 saturated heterocycles. The first kappa shape index (κ1) is 9.58. The molecular weight excluding hydrogens is 146 g/mol. The second-order valence-corrected chi connectivity index (χ2v) is 4.39. The smallest absolute Gasteiger partial charge is 0.0652 e. The minimum Gasteiger partial charge on any atom is -0.198 e. The maximum Gasteiger partial charge on any atom is 0.0652 e. The van der Waals surface area contributed by atoms with E-state index in [4.69, 9.17) is 5.26 Å². The highest BCUT2D eigenvalue weighted by molar-refractivity contribution is 4.82. The molecule has 1 saturated carbocycles. The highest BCUT2D eigenvalue weighted by Gasteiger charge is 2.19. The van der Waals surface area contributed by atoms with E-state index in [9.17, 15) is 0 Å². The van der Waals surface area contributed by atoms with Gasteiger partial charge in [0, 0.05) is 5.92 Å². The molecule has 1 heteroatoms. The SMILES string of the molecule is CC(C#N)CC1CCC(C)CC1. The maximum atomic E-state index is 8.67. The van der Waals surface area contributed by atoms with Gasteiger partial charge in [-0.3, -0.25) is 0 Å². The molecule has 1 fully saturated rings.